The van der Waals surface area contributed by atoms with Crippen LogP contribution < -0.4 is 4.74 Å². The molecule has 0 spiro atoms. The number of nitrogens with zero attached hydrogens (tertiary/aromatic N) is 2. The predicted molar refractivity (Wildman–Crippen MR) is 85.7 cm³/mol. The van der Waals surface area contributed by atoms with Gasteiger partial charge in [0, 0.05) is 0 Å². The third-order valence-electron chi connectivity index (χ3n) is 3.35. The number of ether oxygens (including phenoxy) is 1. The molecule has 0 unspecified atom stereocenters. The summed E-state index contributed by atoms with van der Waals surface area (Å²) < 4.78 is 5.36. The molecule has 4 nitrogen and oxygen atoms in total. The van der Waals surface area contributed by atoms with Gasteiger partial charge in [-0.25, -0.2) is 9.98 Å². The largest absolute Gasteiger partial charge is 0.494 e. The molecule has 1 N–H and O–H groups in total. The van der Waals surface area contributed by atoms with Crippen molar-refractivity contribution in [3.8, 4) is 5.75 Å². The second-order valence-electron chi connectivity index (χ2n) is 4.98. The highest BCUT2D eigenvalue weighted by molar-refractivity contribution is 5.99. The topological polar surface area (TPSA) is 50.3 Å². The average Bonchev–Trinajstić information content (AvgIpc) is 2.91. The molecule has 0 bridgehead atoms. The van der Waals surface area contributed by atoms with E-state index < -0.39 is 0 Å². The van der Waals surface area contributed by atoms with Gasteiger partial charge >= 0.3 is 0 Å². The monoisotopic (exact) mass is 279 g/mol. The summed E-state index contributed by atoms with van der Waals surface area (Å²) in [4.78, 5) is 12.5. The van der Waals surface area contributed by atoms with Crippen molar-refractivity contribution in [1.29, 1.82) is 0 Å². The number of H-pyrrole nitrogens is 1. The number of hydrogen-bond donors (Lipinski definition) is 1. The van der Waals surface area contributed by atoms with Crippen molar-refractivity contribution in [3.63, 3.8) is 0 Å². The van der Waals surface area contributed by atoms with Crippen molar-refractivity contribution in [2.24, 2.45) is 4.99 Å². The molecule has 2 aromatic carbocycles. The van der Waals surface area contributed by atoms with E-state index in [-0.39, 0.29) is 0 Å². The summed E-state index contributed by atoms with van der Waals surface area (Å²) >= 11 is 0. The lowest BCUT2D eigenvalue weighted by molar-refractivity contribution is 0.416. The zero-order valence-electron chi connectivity index (χ0n) is 12.3. The van der Waals surface area contributed by atoms with Crippen molar-refractivity contribution >= 4 is 22.4 Å². The molecular weight excluding hydrogens is 262 g/mol. The second-order valence-corrected chi connectivity index (χ2v) is 4.98. The van der Waals surface area contributed by atoms with E-state index in [2.05, 4.69) is 15.0 Å². The minimum atomic E-state index is 0.760. The van der Waals surface area contributed by atoms with Crippen LogP contribution >= 0.6 is 0 Å². The van der Waals surface area contributed by atoms with E-state index in [1.54, 1.807) is 7.11 Å². The summed E-state index contributed by atoms with van der Waals surface area (Å²) in [5.41, 5.74) is 4.74. The van der Waals surface area contributed by atoms with Gasteiger partial charge in [0.05, 0.1) is 23.9 Å². The number of nitrogens with one attached hydrogen (secondary N) is 1. The first-order valence-electron chi connectivity index (χ1n) is 6.82. The molecule has 1 aromatic heterocycles. The number of rotatable bonds is 3. The fraction of sp³-hybridized carbons (Fsp3) is 0.176. The first-order chi connectivity index (χ1) is 10.2. The maximum absolute atomic E-state index is 5.36. The molecule has 0 radical (unpaired) electrons. The van der Waals surface area contributed by atoms with Crippen molar-refractivity contribution in [2.75, 3.05) is 7.11 Å². The van der Waals surface area contributed by atoms with Crippen LogP contribution in [0.2, 0.25) is 0 Å². The zero-order valence-corrected chi connectivity index (χ0v) is 12.3. The number of aliphatic imine (C=N–C) groups is 1. The Kier molecular flexibility index (Phi) is 3.44. The molecule has 3 rings (SSSR count). The molecule has 106 valence electrons. The number of fused-ring (bicyclic) bond motifs is 1. The maximum Gasteiger partial charge on any atom is 0.152 e. The van der Waals surface area contributed by atoms with E-state index in [1.165, 1.54) is 0 Å². The Morgan fingerprint density at radius 2 is 2.00 bits per heavy atom. The highest BCUT2D eigenvalue weighted by Crippen LogP contribution is 2.28. The van der Waals surface area contributed by atoms with Crippen LogP contribution in [0.4, 0.5) is 5.69 Å². The normalized spacial score (nSPS) is 11.9. The number of aryl methyl sites for hydroxylation is 1. The number of para-hydroxylation sites is 2. The fourth-order valence-corrected chi connectivity index (χ4v) is 2.25. The van der Waals surface area contributed by atoms with E-state index in [0.717, 1.165) is 39.6 Å². The Morgan fingerprint density at radius 3 is 2.76 bits per heavy atom. The van der Waals surface area contributed by atoms with Crippen LogP contribution in [0, 0.1) is 6.92 Å². The zero-order chi connectivity index (χ0) is 14.8. The molecule has 0 amide bonds. The number of benzene rings is 2. The van der Waals surface area contributed by atoms with Crippen molar-refractivity contribution in [2.45, 2.75) is 13.8 Å². The highest BCUT2D eigenvalue weighted by Gasteiger charge is 2.07. The minimum Gasteiger partial charge on any atom is -0.494 e. The molecule has 21 heavy (non-hydrogen) atoms. The first-order valence-corrected chi connectivity index (χ1v) is 6.82. The summed E-state index contributed by atoms with van der Waals surface area (Å²) in [6.07, 6.45) is 0. The van der Waals surface area contributed by atoms with Crippen molar-refractivity contribution in [3.05, 3.63) is 53.9 Å². The Hall–Kier alpha value is -2.62. The van der Waals surface area contributed by atoms with Crippen LogP contribution in [0.15, 0.2) is 47.5 Å². The Bertz CT molecular complexity index is 785. The van der Waals surface area contributed by atoms with E-state index in [4.69, 9.17) is 4.74 Å². The Labute approximate surface area is 123 Å². The minimum absolute atomic E-state index is 0.760. The Balaban J connectivity index is 2.04. The standard InChI is InChI=1S/C17H17N3O/c1-11-8-9-16(21-3)15(10-11)18-12(2)17-19-13-6-4-5-7-14(13)20-17/h4-10H,1-3H3,(H,19,20). The van der Waals surface area contributed by atoms with Crippen LogP contribution in [0.1, 0.15) is 18.3 Å². The van der Waals surface area contributed by atoms with Crippen LogP contribution in [0.3, 0.4) is 0 Å². The van der Waals surface area contributed by atoms with Gasteiger partial charge in [-0.15, -0.1) is 0 Å². The van der Waals surface area contributed by atoms with Crippen LogP contribution in [-0.2, 0) is 0 Å². The number of methoxy groups -OCH3 is 1. The lowest BCUT2D eigenvalue weighted by Gasteiger charge is -2.06. The lowest BCUT2D eigenvalue weighted by atomic mass is 10.2. The summed E-state index contributed by atoms with van der Waals surface area (Å²) in [6, 6.07) is 13.9. The molecule has 4 heteroatoms. The second kappa shape index (κ2) is 5.40. The quantitative estimate of drug-likeness (QED) is 0.736. The number of aromatic nitrogens is 2. The van der Waals surface area contributed by atoms with Gasteiger partial charge in [0.15, 0.2) is 5.82 Å². The Morgan fingerprint density at radius 1 is 1.19 bits per heavy atom. The third kappa shape index (κ3) is 2.65. The van der Waals surface area contributed by atoms with Gasteiger partial charge in [0.1, 0.15) is 11.4 Å². The van der Waals surface area contributed by atoms with Gasteiger partial charge in [0.25, 0.3) is 0 Å². The summed E-state index contributed by atoms with van der Waals surface area (Å²) in [5, 5.41) is 0. The highest BCUT2D eigenvalue weighted by atomic mass is 16.5. The smallest absolute Gasteiger partial charge is 0.152 e. The van der Waals surface area contributed by atoms with Gasteiger partial charge < -0.3 is 9.72 Å². The van der Waals surface area contributed by atoms with E-state index in [1.807, 2.05) is 56.3 Å². The first kappa shape index (κ1) is 13.4. The molecule has 1 heterocycles. The SMILES string of the molecule is COc1ccc(C)cc1N=C(C)c1nc2ccccc2[nH]1. The fourth-order valence-electron chi connectivity index (χ4n) is 2.25. The molecule has 0 fully saturated rings. The molecule has 0 atom stereocenters. The van der Waals surface area contributed by atoms with E-state index in [0.29, 0.717) is 0 Å². The van der Waals surface area contributed by atoms with Gasteiger partial charge in [-0.2, -0.15) is 0 Å². The molecule has 0 aliphatic carbocycles. The molecular formula is C17H17N3O. The molecule has 3 aromatic rings. The maximum atomic E-state index is 5.36. The van der Waals surface area contributed by atoms with E-state index >= 15 is 0 Å². The summed E-state index contributed by atoms with van der Waals surface area (Å²) in [6.45, 7) is 3.98. The van der Waals surface area contributed by atoms with Crippen molar-refractivity contribution < 1.29 is 4.74 Å². The lowest BCUT2D eigenvalue weighted by Crippen LogP contribution is -1.97. The van der Waals surface area contributed by atoms with Gasteiger partial charge in [-0.3, -0.25) is 0 Å². The molecule has 0 saturated carbocycles. The van der Waals surface area contributed by atoms with Gasteiger partial charge in [-0.05, 0) is 43.7 Å². The predicted octanol–water partition coefficient (Wildman–Crippen LogP) is 4.02. The number of aromatic amines is 1. The molecule has 0 saturated heterocycles. The van der Waals surface area contributed by atoms with Crippen LogP contribution in [0.5, 0.6) is 5.75 Å². The van der Waals surface area contributed by atoms with Gasteiger partial charge in [-0.1, -0.05) is 18.2 Å². The molecule has 0 aliphatic heterocycles. The number of imidazole rings is 1. The molecule has 0 aliphatic rings. The average molecular weight is 279 g/mol. The van der Waals surface area contributed by atoms with Gasteiger partial charge in [0.2, 0.25) is 0 Å². The van der Waals surface area contributed by atoms with E-state index in [9.17, 15) is 0 Å². The summed E-state index contributed by atoms with van der Waals surface area (Å²) in [5.74, 6) is 1.54. The number of hydrogen-bond acceptors (Lipinski definition) is 3. The van der Waals surface area contributed by atoms with Crippen LogP contribution in [-0.4, -0.2) is 22.8 Å². The van der Waals surface area contributed by atoms with Crippen molar-refractivity contribution in [1.82, 2.24) is 9.97 Å². The van der Waals surface area contributed by atoms with Crippen LogP contribution in [0.25, 0.3) is 11.0 Å². The third-order valence-corrected chi connectivity index (χ3v) is 3.35. The summed E-state index contributed by atoms with van der Waals surface area (Å²) in [7, 11) is 1.65.